The molecule has 0 aromatic heterocycles. The van der Waals surface area contributed by atoms with Crippen LogP contribution < -0.4 is 10.5 Å². The van der Waals surface area contributed by atoms with Crippen LogP contribution in [0.25, 0.3) is 11.1 Å². The summed E-state index contributed by atoms with van der Waals surface area (Å²) in [6.07, 6.45) is 0. The zero-order chi connectivity index (χ0) is 12.4. The van der Waals surface area contributed by atoms with E-state index < -0.39 is 0 Å². The minimum Gasteiger partial charge on any atom is -0.497 e. The van der Waals surface area contributed by atoms with Gasteiger partial charge in [-0.25, -0.2) is 0 Å². The SMILES string of the molecule is COc1ccc(Cl)c(-c2cccc(Br)c2N)c1. The molecule has 2 aromatic rings. The van der Waals surface area contributed by atoms with Crippen LogP contribution in [0.4, 0.5) is 5.69 Å². The van der Waals surface area contributed by atoms with Crippen molar-refractivity contribution in [1.82, 2.24) is 0 Å². The van der Waals surface area contributed by atoms with Gasteiger partial charge in [0.15, 0.2) is 0 Å². The average Bonchev–Trinajstić information content (AvgIpc) is 2.34. The lowest BCUT2D eigenvalue weighted by Crippen LogP contribution is -1.92. The Kier molecular flexibility index (Phi) is 3.60. The van der Waals surface area contributed by atoms with E-state index in [4.69, 9.17) is 22.1 Å². The Bertz CT molecular complexity index is 557. The van der Waals surface area contributed by atoms with Gasteiger partial charge >= 0.3 is 0 Å². The lowest BCUT2D eigenvalue weighted by Gasteiger charge is -2.10. The van der Waals surface area contributed by atoms with Crippen molar-refractivity contribution < 1.29 is 4.74 Å². The summed E-state index contributed by atoms with van der Waals surface area (Å²) < 4.78 is 6.05. The molecule has 0 amide bonds. The van der Waals surface area contributed by atoms with Crippen molar-refractivity contribution in [3.63, 3.8) is 0 Å². The first-order valence-corrected chi connectivity index (χ1v) is 6.18. The normalized spacial score (nSPS) is 10.3. The smallest absolute Gasteiger partial charge is 0.119 e. The molecule has 0 saturated heterocycles. The Morgan fingerprint density at radius 2 is 1.94 bits per heavy atom. The van der Waals surface area contributed by atoms with Gasteiger partial charge in [0.25, 0.3) is 0 Å². The summed E-state index contributed by atoms with van der Waals surface area (Å²) in [4.78, 5) is 0. The van der Waals surface area contributed by atoms with Crippen LogP contribution in [-0.2, 0) is 0 Å². The molecule has 0 aliphatic rings. The van der Waals surface area contributed by atoms with Crippen molar-refractivity contribution in [3.05, 3.63) is 45.9 Å². The summed E-state index contributed by atoms with van der Waals surface area (Å²) in [5, 5.41) is 0.649. The van der Waals surface area contributed by atoms with E-state index >= 15 is 0 Å². The van der Waals surface area contributed by atoms with Crippen LogP contribution in [0.2, 0.25) is 5.02 Å². The number of benzene rings is 2. The number of methoxy groups -OCH3 is 1. The molecule has 17 heavy (non-hydrogen) atoms. The number of nitrogens with two attached hydrogens (primary N) is 1. The highest BCUT2D eigenvalue weighted by molar-refractivity contribution is 9.10. The molecule has 0 bridgehead atoms. The van der Waals surface area contributed by atoms with E-state index in [0.717, 1.165) is 21.3 Å². The van der Waals surface area contributed by atoms with Gasteiger partial charge in [-0.05, 0) is 40.2 Å². The van der Waals surface area contributed by atoms with Crippen LogP contribution in [0, 0.1) is 0 Å². The second-order valence-corrected chi connectivity index (χ2v) is 4.81. The third-order valence-corrected chi connectivity index (χ3v) is 3.54. The molecular formula is C13H11BrClNO. The van der Waals surface area contributed by atoms with E-state index in [2.05, 4.69) is 15.9 Å². The molecule has 0 atom stereocenters. The highest BCUT2D eigenvalue weighted by Gasteiger charge is 2.10. The summed E-state index contributed by atoms with van der Waals surface area (Å²) in [6, 6.07) is 11.2. The number of ether oxygens (including phenoxy) is 1. The fourth-order valence-corrected chi connectivity index (χ4v) is 2.20. The van der Waals surface area contributed by atoms with Crippen molar-refractivity contribution in [3.8, 4) is 16.9 Å². The molecule has 2 aromatic carbocycles. The average molecular weight is 313 g/mol. The Hall–Kier alpha value is -1.19. The van der Waals surface area contributed by atoms with E-state index in [1.165, 1.54) is 0 Å². The van der Waals surface area contributed by atoms with Gasteiger partial charge in [-0.2, -0.15) is 0 Å². The Labute approximate surface area is 113 Å². The molecule has 88 valence electrons. The maximum absolute atomic E-state index is 6.19. The minimum atomic E-state index is 0.649. The summed E-state index contributed by atoms with van der Waals surface area (Å²) in [7, 11) is 1.62. The molecule has 0 saturated carbocycles. The van der Waals surface area contributed by atoms with Gasteiger partial charge in [-0.15, -0.1) is 0 Å². The molecule has 0 fully saturated rings. The topological polar surface area (TPSA) is 35.2 Å². The van der Waals surface area contributed by atoms with Gasteiger partial charge in [0, 0.05) is 20.6 Å². The maximum atomic E-state index is 6.19. The van der Waals surface area contributed by atoms with Crippen LogP contribution in [-0.4, -0.2) is 7.11 Å². The number of hydrogen-bond donors (Lipinski definition) is 1. The van der Waals surface area contributed by atoms with E-state index in [-0.39, 0.29) is 0 Å². The van der Waals surface area contributed by atoms with Gasteiger partial charge in [0.05, 0.1) is 12.8 Å². The second-order valence-electron chi connectivity index (χ2n) is 3.55. The fraction of sp³-hybridized carbons (Fsp3) is 0.0769. The van der Waals surface area contributed by atoms with Crippen LogP contribution in [0.3, 0.4) is 0 Å². The predicted molar refractivity (Wildman–Crippen MR) is 75.6 cm³/mol. The molecule has 2 nitrogen and oxygen atoms in total. The van der Waals surface area contributed by atoms with Gasteiger partial charge in [-0.3, -0.25) is 0 Å². The minimum absolute atomic E-state index is 0.649. The van der Waals surface area contributed by atoms with E-state index in [0.29, 0.717) is 10.7 Å². The number of hydrogen-bond acceptors (Lipinski definition) is 2. The molecular weight excluding hydrogens is 302 g/mol. The van der Waals surface area contributed by atoms with Crippen molar-refractivity contribution >= 4 is 33.2 Å². The molecule has 0 unspecified atom stereocenters. The Balaban J connectivity index is 2.63. The second kappa shape index (κ2) is 4.98. The molecule has 2 N–H and O–H groups in total. The molecule has 4 heteroatoms. The first-order valence-electron chi connectivity index (χ1n) is 5.01. The number of halogens is 2. The summed E-state index contributed by atoms with van der Waals surface area (Å²) >= 11 is 9.59. The summed E-state index contributed by atoms with van der Waals surface area (Å²) in [5.41, 5.74) is 8.46. The van der Waals surface area contributed by atoms with E-state index in [9.17, 15) is 0 Å². The quantitative estimate of drug-likeness (QED) is 0.836. The predicted octanol–water partition coefficient (Wildman–Crippen LogP) is 4.36. The van der Waals surface area contributed by atoms with Crippen LogP contribution in [0.1, 0.15) is 0 Å². The standard InChI is InChI=1S/C13H11BrClNO/c1-17-8-5-6-12(15)10(7-8)9-3-2-4-11(14)13(9)16/h2-7H,16H2,1H3. The Morgan fingerprint density at radius 1 is 1.18 bits per heavy atom. The van der Waals surface area contributed by atoms with Crippen molar-refractivity contribution in [1.29, 1.82) is 0 Å². The van der Waals surface area contributed by atoms with Crippen LogP contribution >= 0.6 is 27.5 Å². The van der Waals surface area contributed by atoms with Gasteiger partial charge < -0.3 is 10.5 Å². The first kappa shape index (κ1) is 12.3. The highest BCUT2D eigenvalue weighted by atomic mass is 79.9. The van der Waals surface area contributed by atoms with Gasteiger partial charge in [-0.1, -0.05) is 23.7 Å². The van der Waals surface area contributed by atoms with E-state index in [1.807, 2.05) is 30.3 Å². The zero-order valence-corrected chi connectivity index (χ0v) is 11.5. The fourth-order valence-electron chi connectivity index (χ4n) is 1.61. The molecule has 0 spiro atoms. The van der Waals surface area contributed by atoms with Crippen molar-refractivity contribution in [2.45, 2.75) is 0 Å². The molecule has 0 radical (unpaired) electrons. The lowest BCUT2D eigenvalue weighted by molar-refractivity contribution is 0.415. The third kappa shape index (κ3) is 2.40. The lowest BCUT2D eigenvalue weighted by atomic mass is 10.0. The molecule has 2 rings (SSSR count). The Morgan fingerprint density at radius 3 is 2.65 bits per heavy atom. The molecule has 0 heterocycles. The summed E-state index contributed by atoms with van der Waals surface area (Å²) in [6.45, 7) is 0. The highest BCUT2D eigenvalue weighted by Crippen LogP contribution is 2.37. The largest absolute Gasteiger partial charge is 0.497 e. The number of anilines is 1. The van der Waals surface area contributed by atoms with Crippen molar-refractivity contribution in [2.75, 3.05) is 12.8 Å². The number of nitrogen functional groups attached to an aromatic ring is 1. The molecule has 0 aliphatic heterocycles. The first-order chi connectivity index (χ1) is 8.13. The maximum Gasteiger partial charge on any atom is 0.119 e. The van der Waals surface area contributed by atoms with Gasteiger partial charge in [0.1, 0.15) is 5.75 Å². The van der Waals surface area contributed by atoms with E-state index in [1.54, 1.807) is 13.2 Å². The number of rotatable bonds is 2. The van der Waals surface area contributed by atoms with Crippen LogP contribution in [0.5, 0.6) is 5.75 Å². The molecule has 0 aliphatic carbocycles. The number of para-hydroxylation sites is 1. The summed E-state index contributed by atoms with van der Waals surface area (Å²) in [5.74, 6) is 0.753. The van der Waals surface area contributed by atoms with Crippen molar-refractivity contribution in [2.24, 2.45) is 0 Å². The van der Waals surface area contributed by atoms with Gasteiger partial charge in [0.2, 0.25) is 0 Å². The zero-order valence-electron chi connectivity index (χ0n) is 9.21. The monoisotopic (exact) mass is 311 g/mol. The van der Waals surface area contributed by atoms with Crippen LogP contribution in [0.15, 0.2) is 40.9 Å². The third-order valence-electron chi connectivity index (χ3n) is 2.52.